The molecule has 0 aliphatic carbocycles. The molecule has 0 fully saturated rings. The van der Waals surface area contributed by atoms with Gasteiger partial charge >= 0.3 is 0 Å². The molecule has 0 spiro atoms. The van der Waals surface area contributed by atoms with Gasteiger partial charge < -0.3 is 5.32 Å². The third-order valence-corrected chi connectivity index (χ3v) is 3.15. The molecule has 2 aromatic carbocycles. The second kappa shape index (κ2) is 5.83. The van der Waals surface area contributed by atoms with Crippen molar-refractivity contribution in [1.29, 1.82) is 5.26 Å². The van der Waals surface area contributed by atoms with Gasteiger partial charge in [-0.05, 0) is 70.6 Å². The maximum absolute atomic E-state index is 13.2. The van der Waals surface area contributed by atoms with Crippen molar-refractivity contribution in [2.45, 2.75) is 6.54 Å². The van der Waals surface area contributed by atoms with Crippen LogP contribution in [-0.2, 0) is 6.54 Å². The zero-order valence-electron chi connectivity index (χ0n) is 9.45. The molecule has 0 amide bonds. The molecule has 0 bridgehead atoms. The van der Waals surface area contributed by atoms with E-state index in [1.807, 2.05) is 30.3 Å². The Morgan fingerprint density at radius 1 is 1.17 bits per heavy atom. The summed E-state index contributed by atoms with van der Waals surface area (Å²) in [5, 5.41) is 12.0. The van der Waals surface area contributed by atoms with Crippen molar-refractivity contribution >= 4 is 28.3 Å². The summed E-state index contributed by atoms with van der Waals surface area (Å²) in [6.07, 6.45) is 0. The molecule has 0 aromatic heterocycles. The number of nitrogens with zero attached hydrogens (tertiary/aromatic N) is 1. The predicted molar refractivity (Wildman–Crippen MR) is 77.6 cm³/mol. The van der Waals surface area contributed by atoms with E-state index in [1.165, 1.54) is 12.1 Å². The maximum Gasteiger partial charge on any atom is 0.124 e. The Balaban J connectivity index is 2.08. The number of anilines is 1. The van der Waals surface area contributed by atoms with E-state index in [4.69, 9.17) is 5.26 Å². The predicted octanol–water partition coefficient (Wildman–Crippen LogP) is 3.91. The molecular weight excluding hydrogens is 342 g/mol. The van der Waals surface area contributed by atoms with Gasteiger partial charge in [-0.25, -0.2) is 4.39 Å². The molecular formula is C14H10FIN2. The lowest BCUT2D eigenvalue weighted by Gasteiger charge is -2.07. The Morgan fingerprint density at radius 2 is 1.89 bits per heavy atom. The van der Waals surface area contributed by atoms with Crippen molar-refractivity contribution in [1.82, 2.24) is 0 Å². The van der Waals surface area contributed by atoms with Gasteiger partial charge in [0.15, 0.2) is 0 Å². The van der Waals surface area contributed by atoms with Crippen LogP contribution in [-0.4, -0.2) is 0 Å². The molecule has 0 saturated heterocycles. The number of hydrogen-bond donors (Lipinski definition) is 1. The molecule has 0 aliphatic rings. The SMILES string of the molecule is N#Cc1cc(F)cc(CNc2ccc(I)cc2)c1. The fraction of sp³-hybridized carbons (Fsp3) is 0.0714. The van der Waals surface area contributed by atoms with Crippen LogP contribution in [0.2, 0.25) is 0 Å². The number of nitrogens with one attached hydrogen (secondary N) is 1. The molecule has 0 heterocycles. The van der Waals surface area contributed by atoms with Crippen molar-refractivity contribution in [2.75, 3.05) is 5.32 Å². The van der Waals surface area contributed by atoms with Crippen molar-refractivity contribution in [3.05, 3.63) is 63.0 Å². The minimum absolute atomic E-state index is 0.342. The van der Waals surface area contributed by atoms with E-state index in [0.717, 1.165) is 14.8 Å². The first kappa shape index (κ1) is 12.8. The Bertz CT molecular complexity index is 588. The van der Waals surface area contributed by atoms with Gasteiger partial charge in [0, 0.05) is 15.8 Å². The second-order valence-corrected chi connectivity index (χ2v) is 5.07. The lowest BCUT2D eigenvalue weighted by Crippen LogP contribution is -2.00. The van der Waals surface area contributed by atoms with E-state index in [9.17, 15) is 4.39 Å². The maximum atomic E-state index is 13.2. The van der Waals surface area contributed by atoms with Gasteiger partial charge in [0.25, 0.3) is 0 Å². The number of nitriles is 1. The van der Waals surface area contributed by atoms with Crippen molar-refractivity contribution < 1.29 is 4.39 Å². The highest BCUT2D eigenvalue weighted by Crippen LogP contribution is 2.14. The lowest BCUT2D eigenvalue weighted by molar-refractivity contribution is 0.625. The molecule has 4 heteroatoms. The van der Waals surface area contributed by atoms with Crippen LogP contribution >= 0.6 is 22.6 Å². The highest BCUT2D eigenvalue weighted by atomic mass is 127. The first-order valence-electron chi connectivity index (χ1n) is 5.36. The zero-order valence-corrected chi connectivity index (χ0v) is 11.6. The summed E-state index contributed by atoms with van der Waals surface area (Å²) in [6.45, 7) is 0.493. The number of rotatable bonds is 3. The lowest BCUT2D eigenvalue weighted by atomic mass is 10.1. The quantitative estimate of drug-likeness (QED) is 0.851. The van der Waals surface area contributed by atoms with Crippen LogP contribution in [0.25, 0.3) is 0 Å². The number of benzene rings is 2. The molecule has 2 aromatic rings. The smallest absolute Gasteiger partial charge is 0.124 e. The fourth-order valence-corrected chi connectivity index (χ4v) is 1.95. The molecule has 2 rings (SSSR count). The average Bonchev–Trinajstić information content (AvgIpc) is 2.37. The van der Waals surface area contributed by atoms with Gasteiger partial charge in [0.05, 0.1) is 11.6 Å². The van der Waals surface area contributed by atoms with Gasteiger partial charge in [-0.3, -0.25) is 0 Å². The fourth-order valence-electron chi connectivity index (χ4n) is 1.59. The largest absolute Gasteiger partial charge is 0.381 e. The highest BCUT2D eigenvalue weighted by molar-refractivity contribution is 14.1. The minimum Gasteiger partial charge on any atom is -0.381 e. The van der Waals surface area contributed by atoms with E-state index in [2.05, 4.69) is 27.9 Å². The Kier molecular flexibility index (Phi) is 4.15. The van der Waals surface area contributed by atoms with Crippen LogP contribution in [0.3, 0.4) is 0 Å². The first-order valence-corrected chi connectivity index (χ1v) is 6.44. The standard InChI is InChI=1S/C14H10FIN2/c15-12-6-10(8-17)5-11(7-12)9-18-14-3-1-13(16)2-4-14/h1-7,18H,9H2. The number of hydrogen-bond acceptors (Lipinski definition) is 2. The summed E-state index contributed by atoms with van der Waals surface area (Å²) in [5.41, 5.74) is 2.07. The van der Waals surface area contributed by atoms with E-state index in [0.29, 0.717) is 12.1 Å². The van der Waals surface area contributed by atoms with Gasteiger partial charge in [-0.15, -0.1) is 0 Å². The van der Waals surface area contributed by atoms with Gasteiger partial charge in [0.1, 0.15) is 5.82 Å². The molecule has 18 heavy (non-hydrogen) atoms. The van der Waals surface area contributed by atoms with E-state index < -0.39 is 0 Å². The minimum atomic E-state index is -0.381. The van der Waals surface area contributed by atoms with E-state index in [-0.39, 0.29) is 5.82 Å². The van der Waals surface area contributed by atoms with Crippen LogP contribution in [0.4, 0.5) is 10.1 Å². The number of halogens is 2. The summed E-state index contributed by atoms with van der Waals surface area (Å²) in [6, 6.07) is 14.2. The third-order valence-electron chi connectivity index (χ3n) is 2.43. The molecule has 0 radical (unpaired) electrons. The van der Waals surface area contributed by atoms with Crippen molar-refractivity contribution in [3.63, 3.8) is 0 Å². The molecule has 1 N–H and O–H groups in total. The van der Waals surface area contributed by atoms with Crippen molar-refractivity contribution in [2.24, 2.45) is 0 Å². The van der Waals surface area contributed by atoms with Crippen LogP contribution in [0.1, 0.15) is 11.1 Å². The Labute approximate surface area is 119 Å². The summed E-state index contributed by atoms with van der Waals surface area (Å²) in [5.74, 6) is -0.381. The summed E-state index contributed by atoms with van der Waals surface area (Å²) < 4.78 is 14.4. The topological polar surface area (TPSA) is 35.8 Å². The molecule has 90 valence electrons. The molecule has 0 aliphatic heterocycles. The van der Waals surface area contributed by atoms with Crippen molar-refractivity contribution in [3.8, 4) is 6.07 Å². The van der Waals surface area contributed by atoms with Gasteiger partial charge in [0.2, 0.25) is 0 Å². The Morgan fingerprint density at radius 3 is 2.56 bits per heavy atom. The zero-order chi connectivity index (χ0) is 13.0. The first-order chi connectivity index (χ1) is 8.67. The van der Waals surface area contributed by atoms with E-state index >= 15 is 0 Å². The second-order valence-electron chi connectivity index (χ2n) is 3.82. The highest BCUT2D eigenvalue weighted by Gasteiger charge is 2.00. The van der Waals surface area contributed by atoms with Crippen LogP contribution in [0, 0.1) is 20.7 Å². The third kappa shape index (κ3) is 3.44. The summed E-state index contributed by atoms with van der Waals surface area (Å²) >= 11 is 2.24. The summed E-state index contributed by atoms with van der Waals surface area (Å²) in [7, 11) is 0. The van der Waals surface area contributed by atoms with Gasteiger partial charge in [-0.2, -0.15) is 5.26 Å². The van der Waals surface area contributed by atoms with Crippen LogP contribution in [0.15, 0.2) is 42.5 Å². The Hall–Kier alpha value is -1.61. The molecule has 0 saturated carbocycles. The monoisotopic (exact) mass is 352 g/mol. The molecule has 0 unspecified atom stereocenters. The van der Waals surface area contributed by atoms with E-state index in [1.54, 1.807) is 6.07 Å². The molecule has 2 nitrogen and oxygen atoms in total. The average molecular weight is 352 g/mol. The van der Waals surface area contributed by atoms with Crippen LogP contribution in [0.5, 0.6) is 0 Å². The van der Waals surface area contributed by atoms with Gasteiger partial charge in [-0.1, -0.05) is 0 Å². The van der Waals surface area contributed by atoms with Crippen LogP contribution < -0.4 is 5.32 Å². The normalized spacial score (nSPS) is 9.83. The summed E-state index contributed by atoms with van der Waals surface area (Å²) in [4.78, 5) is 0. The molecule has 0 atom stereocenters.